The molecule has 1 aliphatic carbocycles. The molecule has 0 amide bonds. The van der Waals surface area contributed by atoms with Gasteiger partial charge in [0.15, 0.2) is 0 Å². The van der Waals surface area contributed by atoms with Crippen LogP contribution in [0, 0.1) is 11.8 Å². The molecule has 1 N–H and O–H groups in total. The van der Waals surface area contributed by atoms with Crippen molar-refractivity contribution < 1.29 is 4.74 Å². The summed E-state index contributed by atoms with van der Waals surface area (Å²) < 4.78 is 5.58. The second kappa shape index (κ2) is 5.13. The Labute approximate surface area is 87.4 Å². The molecule has 2 fully saturated rings. The molecule has 14 heavy (non-hydrogen) atoms. The highest BCUT2D eigenvalue weighted by Gasteiger charge is 2.31. The molecule has 2 unspecified atom stereocenters. The lowest BCUT2D eigenvalue weighted by molar-refractivity contribution is 0.0306. The quantitative estimate of drug-likeness (QED) is 0.749. The van der Waals surface area contributed by atoms with Gasteiger partial charge in [0.1, 0.15) is 0 Å². The normalized spacial score (nSPS) is 31.9. The first-order chi connectivity index (χ1) is 6.92. The van der Waals surface area contributed by atoms with Gasteiger partial charge in [0, 0.05) is 12.6 Å². The SMILES string of the molecule is CNC(C1CCCC1)C1CCCOC1. The van der Waals surface area contributed by atoms with Crippen molar-refractivity contribution in [3.63, 3.8) is 0 Å². The van der Waals surface area contributed by atoms with E-state index >= 15 is 0 Å². The van der Waals surface area contributed by atoms with Crippen LogP contribution in [-0.4, -0.2) is 26.3 Å². The van der Waals surface area contributed by atoms with E-state index in [2.05, 4.69) is 12.4 Å². The van der Waals surface area contributed by atoms with E-state index < -0.39 is 0 Å². The van der Waals surface area contributed by atoms with Crippen LogP contribution in [0.5, 0.6) is 0 Å². The van der Waals surface area contributed by atoms with Gasteiger partial charge in [0.05, 0.1) is 6.61 Å². The van der Waals surface area contributed by atoms with Crippen molar-refractivity contribution in [2.45, 2.75) is 44.6 Å². The summed E-state index contributed by atoms with van der Waals surface area (Å²) in [5.74, 6) is 1.70. The molecule has 1 saturated heterocycles. The van der Waals surface area contributed by atoms with Gasteiger partial charge in [-0.3, -0.25) is 0 Å². The standard InChI is InChI=1S/C12H23NO/c1-13-12(10-5-2-3-6-10)11-7-4-8-14-9-11/h10-13H,2-9H2,1H3. The summed E-state index contributed by atoms with van der Waals surface area (Å²) in [6.45, 7) is 1.97. The molecule has 1 aliphatic heterocycles. The van der Waals surface area contributed by atoms with Gasteiger partial charge in [-0.1, -0.05) is 12.8 Å². The highest BCUT2D eigenvalue weighted by molar-refractivity contribution is 4.86. The van der Waals surface area contributed by atoms with Crippen molar-refractivity contribution in [1.82, 2.24) is 5.32 Å². The third kappa shape index (κ3) is 2.29. The summed E-state index contributed by atoms with van der Waals surface area (Å²) in [4.78, 5) is 0. The van der Waals surface area contributed by atoms with E-state index in [0.717, 1.165) is 31.1 Å². The van der Waals surface area contributed by atoms with Gasteiger partial charge in [-0.15, -0.1) is 0 Å². The molecule has 0 aromatic carbocycles. The fourth-order valence-electron chi connectivity index (χ4n) is 3.22. The third-order valence-electron chi connectivity index (χ3n) is 3.94. The number of hydrogen-bond donors (Lipinski definition) is 1. The number of hydrogen-bond acceptors (Lipinski definition) is 2. The fraction of sp³-hybridized carbons (Fsp3) is 1.00. The Bertz CT molecular complexity index is 160. The summed E-state index contributed by atoms with van der Waals surface area (Å²) in [7, 11) is 2.12. The van der Waals surface area contributed by atoms with Gasteiger partial charge in [-0.2, -0.15) is 0 Å². The first-order valence-corrected chi connectivity index (χ1v) is 6.17. The topological polar surface area (TPSA) is 21.3 Å². The summed E-state index contributed by atoms with van der Waals surface area (Å²) in [6, 6.07) is 0.720. The molecular formula is C12H23NO. The average molecular weight is 197 g/mol. The Morgan fingerprint density at radius 1 is 1.07 bits per heavy atom. The summed E-state index contributed by atoms with van der Waals surface area (Å²) in [6.07, 6.45) is 8.37. The van der Waals surface area contributed by atoms with Gasteiger partial charge in [-0.05, 0) is 44.6 Å². The monoisotopic (exact) mass is 197 g/mol. The number of ether oxygens (including phenoxy) is 1. The smallest absolute Gasteiger partial charge is 0.0509 e. The summed E-state index contributed by atoms with van der Waals surface area (Å²) in [5, 5.41) is 3.53. The molecule has 2 rings (SSSR count). The van der Waals surface area contributed by atoms with Gasteiger partial charge in [-0.25, -0.2) is 0 Å². The van der Waals surface area contributed by atoms with E-state index in [1.807, 2.05) is 0 Å². The Kier molecular flexibility index (Phi) is 3.82. The molecule has 0 radical (unpaired) electrons. The Balaban J connectivity index is 1.89. The fourth-order valence-corrected chi connectivity index (χ4v) is 3.22. The van der Waals surface area contributed by atoms with Crippen LogP contribution in [0.1, 0.15) is 38.5 Å². The maximum absolute atomic E-state index is 5.58. The molecule has 0 aromatic rings. The highest BCUT2D eigenvalue weighted by atomic mass is 16.5. The van der Waals surface area contributed by atoms with Crippen LogP contribution in [0.4, 0.5) is 0 Å². The predicted octanol–water partition coefficient (Wildman–Crippen LogP) is 2.19. The van der Waals surface area contributed by atoms with Crippen LogP contribution in [0.25, 0.3) is 0 Å². The van der Waals surface area contributed by atoms with Crippen LogP contribution in [-0.2, 0) is 4.74 Å². The molecule has 2 atom stereocenters. The van der Waals surface area contributed by atoms with Crippen LogP contribution >= 0.6 is 0 Å². The van der Waals surface area contributed by atoms with Crippen molar-refractivity contribution in [1.29, 1.82) is 0 Å². The van der Waals surface area contributed by atoms with E-state index in [1.165, 1.54) is 38.5 Å². The van der Waals surface area contributed by atoms with E-state index in [1.54, 1.807) is 0 Å². The van der Waals surface area contributed by atoms with E-state index in [0.29, 0.717) is 0 Å². The summed E-state index contributed by atoms with van der Waals surface area (Å²) >= 11 is 0. The molecule has 1 saturated carbocycles. The Morgan fingerprint density at radius 2 is 1.79 bits per heavy atom. The van der Waals surface area contributed by atoms with Crippen molar-refractivity contribution >= 4 is 0 Å². The number of rotatable bonds is 3. The highest BCUT2D eigenvalue weighted by Crippen LogP contribution is 2.33. The molecule has 2 heteroatoms. The minimum Gasteiger partial charge on any atom is -0.381 e. The zero-order valence-electron chi connectivity index (χ0n) is 9.30. The van der Waals surface area contributed by atoms with Crippen LogP contribution in [0.3, 0.4) is 0 Å². The molecule has 0 aromatic heterocycles. The maximum Gasteiger partial charge on any atom is 0.0509 e. The summed E-state index contributed by atoms with van der Waals surface area (Å²) in [5.41, 5.74) is 0. The largest absolute Gasteiger partial charge is 0.381 e. The molecule has 2 aliphatic rings. The van der Waals surface area contributed by atoms with Crippen molar-refractivity contribution in [2.24, 2.45) is 11.8 Å². The zero-order chi connectivity index (χ0) is 9.80. The lowest BCUT2D eigenvalue weighted by Gasteiger charge is -2.34. The van der Waals surface area contributed by atoms with Crippen LogP contribution in [0.15, 0.2) is 0 Å². The van der Waals surface area contributed by atoms with Crippen molar-refractivity contribution in [3.05, 3.63) is 0 Å². The second-order valence-electron chi connectivity index (χ2n) is 4.84. The first kappa shape index (κ1) is 10.4. The molecular weight excluding hydrogens is 174 g/mol. The van der Waals surface area contributed by atoms with Gasteiger partial charge in [0.25, 0.3) is 0 Å². The zero-order valence-corrected chi connectivity index (χ0v) is 9.30. The van der Waals surface area contributed by atoms with Crippen LogP contribution in [0.2, 0.25) is 0 Å². The first-order valence-electron chi connectivity index (χ1n) is 6.17. The van der Waals surface area contributed by atoms with Gasteiger partial charge in [0.2, 0.25) is 0 Å². The third-order valence-corrected chi connectivity index (χ3v) is 3.94. The maximum atomic E-state index is 5.58. The Hall–Kier alpha value is -0.0800. The van der Waals surface area contributed by atoms with Gasteiger partial charge >= 0.3 is 0 Å². The Morgan fingerprint density at radius 3 is 2.36 bits per heavy atom. The lowest BCUT2D eigenvalue weighted by atomic mass is 9.84. The lowest BCUT2D eigenvalue weighted by Crippen LogP contribution is -2.42. The molecule has 0 bridgehead atoms. The minimum absolute atomic E-state index is 0.720. The van der Waals surface area contributed by atoms with Gasteiger partial charge < -0.3 is 10.1 Å². The molecule has 82 valence electrons. The number of nitrogens with one attached hydrogen (secondary N) is 1. The van der Waals surface area contributed by atoms with E-state index in [-0.39, 0.29) is 0 Å². The minimum atomic E-state index is 0.720. The molecule has 0 spiro atoms. The second-order valence-corrected chi connectivity index (χ2v) is 4.84. The average Bonchev–Trinajstić information content (AvgIpc) is 2.74. The predicted molar refractivity (Wildman–Crippen MR) is 58.3 cm³/mol. The van der Waals surface area contributed by atoms with Crippen LogP contribution < -0.4 is 5.32 Å². The van der Waals surface area contributed by atoms with E-state index in [4.69, 9.17) is 4.74 Å². The van der Waals surface area contributed by atoms with Crippen molar-refractivity contribution in [2.75, 3.05) is 20.3 Å². The molecule has 1 heterocycles. The van der Waals surface area contributed by atoms with Crippen molar-refractivity contribution in [3.8, 4) is 0 Å². The van der Waals surface area contributed by atoms with E-state index in [9.17, 15) is 0 Å². The molecule has 2 nitrogen and oxygen atoms in total.